The van der Waals surface area contributed by atoms with Crippen molar-refractivity contribution in [1.29, 1.82) is 0 Å². The lowest BCUT2D eigenvalue weighted by molar-refractivity contribution is 0.410. The van der Waals surface area contributed by atoms with Gasteiger partial charge in [0, 0.05) is 6.54 Å². The third-order valence-electron chi connectivity index (χ3n) is 3.82. The van der Waals surface area contributed by atoms with Crippen LogP contribution in [0.1, 0.15) is 11.3 Å². The van der Waals surface area contributed by atoms with Crippen molar-refractivity contribution in [1.82, 2.24) is 0 Å². The average molecular weight is 326 g/mol. The van der Waals surface area contributed by atoms with Gasteiger partial charge < -0.3 is 19.8 Å². The van der Waals surface area contributed by atoms with Crippen molar-refractivity contribution in [3.63, 3.8) is 0 Å². The maximum Gasteiger partial charge on any atom is 0.253 e. The van der Waals surface area contributed by atoms with Crippen LogP contribution in [-0.4, -0.2) is 13.7 Å². The minimum absolute atomic E-state index is 0.316. The molecule has 3 rings (SSSR count). The first kappa shape index (κ1) is 15.9. The zero-order chi connectivity index (χ0) is 16.9. The first-order valence-corrected chi connectivity index (χ1v) is 7.66. The van der Waals surface area contributed by atoms with Crippen LogP contribution in [0.3, 0.4) is 0 Å². The number of furan rings is 1. The molecule has 24 heavy (non-hydrogen) atoms. The van der Waals surface area contributed by atoms with Crippen molar-refractivity contribution in [2.75, 3.05) is 24.3 Å². The van der Waals surface area contributed by atoms with E-state index >= 15 is 0 Å². The third-order valence-corrected chi connectivity index (χ3v) is 3.82. The number of hydrogen-bond acceptors (Lipinski definition) is 6. The Morgan fingerprint density at radius 1 is 1.00 bits per heavy atom. The Bertz CT molecular complexity index is 877. The summed E-state index contributed by atoms with van der Waals surface area (Å²) in [5.74, 6) is 1.50. The predicted octanol–water partition coefficient (Wildman–Crippen LogP) is 2.15. The zero-order valence-electron chi connectivity index (χ0n) is 13.3. The lowest BCUT2D eigenvalue weighted by Gasteiger charge is -2.15. The van der Waals surface area contributed by atoms with Gasteiger partial charge in [0.25, 0.3) is 10.9 Å². The molecule has 0 amide bonds. The summed E-state index contributed by atoms with van der Waals surface area (Å²) >= 11 is 0. The molecule has 0 unspecified atom stereocenters. The van der Waals surface area contributed by atoms with Gasteiger partial charge in [-0.2, -0.15) is 0 Å². The number of rotatable bonds is 8. The Labute approximate surface area is 138 Å². The van der Waals surface area contributed by atoms with Crippen LogP contribution in [0.25, 0.3) is 0 Å². The van der Waals surface area contributed by atoms with E-state index in [0.717, 1.165) is 11.3 Å². The quantitative estimate of drug-likeness (QED) is 0.617. The second-order valence-corrected chi connectivity index (χ2v) is 5.33. The highest BCUT2D eigenvalue weighted by atomic mass is 16.5. The molecule has 6 heteroatoms. The van der Waals surface area contributed by atoms with Crippen LogP contribution in [0.2, 0.25) is 0 Å². The standard InChI is InChI=1S/C18H18N2O4/c1-23-14-7-3-2-5-12(14)8-9-19-15-16(18(22)17(15)21)20-11-13-6-4-10-24-13/h2-7,10,19-20H,8-9,11H2,1H3. The normalized spacial score (nSPS) is 10.7. The molecule has 0 fully saturated rings. The topological polar surface area (TPSA) is 80.6 Å². The van der Waals surface area contributed by atoms with Crippen molar-refractivity contribution in [2.45, 2.75) is 13.0 Å². The van der Waals surface area contributed by atoms with Crippen LogP contribution in [0.4, 0.5) is 11.4 Å². The molecule has 6 nitrogen and oxygen atoms in total. The van der Waals surface area contributed by atoms with Gasteiger partial charge in [-0.25, -0.2) is 0 Å². The lowest BCUT2D eigenvalue weighted by atomic mass is 10.1. The van der Waals surface area contributed by atoms with E-state index in [4.69, 9.17) is 9.15 Å². The van der Waals surface area contributed by atoms with Gasteiger partial charge in [-0.3, -0.25) is 9.59 Å². The largest absolute Gasteiger partial charge is 0.496 e. The number of benzene rings is 1. The number of methoxy groups -OCH3 is 1. The Morgan fingerprint density at radius 3 is 2.46 bits per heavy atom. The first-order valence-electron chi connectivity index (χ1n) is 7.66. The van der Waals surface area contributed by atoms with Crippen LogP contribution in [0.15, 0.2) is 56.7 Å². The van der Waals surface area contributed by atoms with E-state index in [-0.39, 0.29) is 0 Å². The molecule has 0 saturated carbocycles. The van der Waals surface area contributed by atoms with Gasteiger partial charge in [0.1, 0.15) is 22.9 Å². The summed E-state index contributed by atoms with van der Waals surface area (Å²) in [5.41, 5.74) is 0.701. The molecule has 1 aromatic heterocycles. The Balaban J connectivity index is 1.60. The third kappa shape index (κ3) is 3.17. The number of hydrogen-bond donors (Lipinski definition) is 2. The van der Waals surface area contributed by atoms with Gasteiger partial charge >= 0.3 is 0 Å². The highest BCUT2D eigenvalue weighted by Crippen LogP contribution is 2.19. The van der Waals surface area contributed by atoms with Gasteiger partial charge in [0.2, 0.25) is 0 Å². The predicted molar refractivity (Wildman–Crippen MR) is 92.6 cm³/mol. The van der Waals surface area contributed by atoms with E-state index in [2.05, 4.69) is 10.6 Å². The molecule has 0 saturated heterocycles. The van der Waals surface area contributed by atoms with Crippen LogP contribution in [-0.2, 0) is 13.0 Å². The smallest absolute Gasteiger partial charge is 0.253 e. The minimum atomic E-state index is -0.499. The molecule has 0 spiro atoms. The summed E-state index contributed by atoms with van der Waals surface area (Å²) in [6, 6.07) is 11.3. The molecular formula is C18H18N2O4. The van der Waals surface area contributed by atoms with Gasteiger partial charge in [-0.1, -0.05) is 18.2 Å². The van der Waals surface area contributed by atoms with Gasteiger partial charge in [0.15, 0.2) is 0 Å². The van der Waals surface area contributed by atoms with E-state index < -0.39 is 10.9 Å². The fourth-order valence-electron chi connectivity index (χ4n) is 2.55. The summed E-state index contributed by atoms with van der Waals surface area (Å²) in [5, 5.41) is 5.99. The zero-order valence-corrected chi connectivity index (χ0v) is 13.3. The minimum Gasteiger partial charge on any atom is -0.496 e. The van der Waals surface area contributed by atoms with E-state index in [1.54, 1.807) is 25.5 Å². The van der Waals surface area contributed by atoms with Gasteiger partial charge in [0.05, 0.1) is 19.9 Å². The van der Waals surface area contributed by atoms with E-state index in [9.17, 15) is 9.59 Å². The number of nitrogens with one attached hydrogen (secondary N) is 2. The molecule has 2 N–H and O–H groups in total. The molecule has 1 heterocycles. The van der Waals surface area contributed by atoms with Crippen molar-refractivity contribution >= 4 is 11.4 Å². The monoisotopic (exact) mass is 326 g/mol. The highest BCUT2D eigenvalue weighted by molar-refractivity contribution is 5.73. The second kappa shape index (κ2) is 7.04. The fraction of sp³-hybridized carbons (Fsp3) is 0.222. The lowest BCUT2D eigenvalue weighted by Crippen LogP contribution is -2.37. The maximum absolute atomic E-state index is 11.7. The second-order valence-electron chi connectivity index (χ2n) is 5.33. The van der Waals surface area contributed by atoms with Gasteiger partial charge in [-0.05, 0) is 30.2 Å². The van der Waals surface area contributed by atoms with Gasteiger partial charge in [-0.15, -0.1) is 0 Å². The SMILES string of the molecule is COc1ccccc1CCNc1c(NCc2ccco2)c(=O)c1=O. The highest BCUT2D eigenvalue weighted by Gasteiger charge is 2.20. The number of anilines is 2. The molecule has 2 aromatic carbocycles. The molecule has 0 aliphatic heterocycles. The number of ether oxygens (including phenoxy) is 1. The molecular weight excluding hydrogens is 308 g/mol. The Kier molecular flexibility index (Phi) is 4.65. The van der Waals surface area contributed by atoms with Crippen molar-refractivity contribution in [3.05, 3.63) is 74.4 Å². The summed E-state index contributed by atoms with van der Waals surface area (Å²) < 4.78 is 10.5. The molecule has 0 aliphatic carbocycles. The molecule has 0 atom stereocenters. The number of para-hydroxylation sites is 1. The van der Waals surface area contributed by atoms with E-state index in [0.29, 0.717) is 36.6 Å². The average Bonchev–Trinajstić information content (AvgIpc) is 3.13. The van der Waals surface area contributed by atoms with Crippen molar-refractivity contribution in [3.8, 4) is 5.75 Å². The molecule has 0 radical (unpaired) electrons. The Morgan fingerprint density at radius 2 is 1.75 bits per heavy atom. The van der Waals surface area contributed by atoms with E-state index in [1.807, 2.05) is 24.3 Å². The molecule has 3 aromatic rings. The summed E-state index contributed by atoms with van der Waals surface area (Å²) in [6.45, 7) is 0.889. The molecule has 0 aliphatic rings. The summed E-state index contributed by atoms with van der Waals surface area (Å²) in [6.07, 6.45) is 2.24. The van der Waals surface area contributed by atoms with Crippen molar-refractivity contribution < 1.29 is 9.15 Å². The summed E-state index contributed by atoms with van der Waals surface area (Å²) in [4.78, 5) is 23.4. The molecule has 124 valence electrons. The van der Waals surface area contributed by atoms with Crippen LogP contribution in [0, 0.1) is 0 Å². The fourth-order valence-corrected chi connectivity index (χ4v) is 2.55. The maximum atomic E-state index is 11.7. The van der Waals surface area contributed by atoms with Crippen LogP contribution < -0.4 is 26.2 Å². The first-order chi connectivity index (χ1) is 11.7. The molecule has 0 bridgehead atoms. The van der Waals surface area contributed by atoms with Crippen molar-refractivity contribution in [2.24, 2.45) is 0 Å². The summed E-state index contributed by atoms with van der Waals surface area (Å²) in [7, 11) is 1.62. The van der Waals surface area contributed by atoms with E-state index in [1.165, 1.54) is 0 Å². The van der Waals surface area contributed by atoms with Crippen LogP contribution in [0.5, 0.6) is 5.75 Å². The van der Waals surface area contributed by atoms with Crippen LogP contribution >= 0.6 is 0 Å². The Hall–Kier alpha value is -3.02.